The Kier molecular flexibility index (Phi) is 4.39. The second-order valence-electron chi connectivity index (χ2n) is 4.37. The van der Waals surface area contributed by atoms with E-state index in [4.69, 9.17) is 9.47 Å². The molecule has 0 aliphatic carbocycles. The minimum Gasteiger partial charge on any atom is -0.493 e. The number of hydrogen-bond acceptors (Lipinski definition) is 4. The number of aldehydes is 1. The van der Waals surface area contributed by atoms with Crippen molar-refractivity contribution in [3.05, 3.63) is 23.8 Å². The Morgan fingerprint density at radius 1 is 1.37 bits per heavy atom. The molecule has 5 heteroatoms. The molecule has 1 fully saturated rings. The lowest BCUT2D eigenvalue weighted by Crippen LogP contribution is -2.32. The van der Waals surface area contributed by atoms with Gasteiger partial charge in [0.15, 0.2) is 24.4 Å². The number of rotatable bonds is 5. The second-order valence-corrected chi connectivity index (χ2v) is 4.37. The van der Waals surface area contributed by atoms with Gasteiger partial charge in [-0.3, -0.25) is 9.59 Å². The van der Waals surface area contributed by atoms with E-state index in [0.29, 0.717) is 23.3 Å². The number of ether oxygens (including phenoxy) is 2. The van der Waals surface area contributed by atoms with Gasteiger partial charge in [-0.25, -0.2) is 0 Å². The second kappa shape index (κ2) is 6.22. The molecule has 1 aliphatic heterocycles. The molecule has 19 heavy (non-hydrogen) atoms. The van der Waals surface area contributed by atoms with Crippen LogP contribution in [0.4, 0.5) is 0 Å². The molecular weight excluding hydrogens is 246 g/mol. The number of likely N-dealkylation sites (tertiary alicyclic amines) is 1. The van der Waals surface area contributed by atoms with Crippen LogP contribution in [0.2, 0.25) is 0 Å². The number of benzene rings is 1. The van der Waals surface area contributed by atoms with Gasteiger partial charge in [0, 0.05) is 13.1 Å². The Labute approximate surface area is 112 Å². The van der Waals surface area contributed by atoms with Crippen LogP contribution in [-0.4, -0.2) is 43.9 Å². The van der Waals surface area contributed by atoms with Crippen LogP contribution in [0.15, 0.2) is 18.2 Å². The van der Waals surface area contributed by atoms with Gasteiger partial charge < -0.3 is 14.4 Å². The summed E-state index contributed by atoms with van der Waals surface area (Å²) >= 11 is 0. The maximum Gasteiger partial charge on any atom is 0.260 e. The van der Waals surface area contributed by atoms with Crippen molar-refractivity contribution in [3.8, 4) is 11.5 Å². The predicted molar refractivity (Wildman–Crippen MR) is 69.7 cm³/mol. The first-order chi connectivity index (χ1) is 9.26. The molecule has 0 spiro atoms. The molecule has 102 valence electrons. The highest BCUT2D eigenvalue weighted by atomic mass is 16.5. The fraction of sp³-hybridized carbons (Fsp3) is 0.429. The number of carbonyl (C=O) groups excluding carboxylic acids is 2. The third-order valence-electron chi connectivity index (χ3n) is 3.15. The summed E-state index contributed by atoms with van der Waals surface area (Å²) in [5.74, 6) is 0.728. The molecule has 1 aromatic rings. The molecule has 2 rings (SSSR count). The molecule has 0 unspecified atom stereocenters. The lowest BCUT2D eigenvalue weighted by atomic mass is 10.2. The Morgan fingerprint density at radius 2 is 2.11 bits per heavy atom. The molecule has 1 amide bonds. The lowest BCUT2D eigenvalue weighted by Gasteiger charge is -2.17. The summed E-state index contributed by atoms with van der Waals surface area (Å²) < 4.78 is 10.6. The largest absolute Gasteiger partial charge is 0.493 e. The molecule has 5 nitrogen and oxygen atoms in total. The molecule has 0 saturated carbocycles. The van der Waals surface area contributed by atoms with Gasteiger partial charge in [0.05, 0.1) is 12.7 Å². The van der Waals surface area contributed by atoms with Crippen molar-refractivity contribution in [2.45, 2.75) is 12.8 Å². The Balaban J connectivity index is 2.05. The summed E-state index contributed by atoms with van der Waals surface area (Å²) in [5.41, 5.74) is 0.383. The highest BCUT2D eigenvalue weighted by Gasteiger charge is 2.19. The van der Waals surface area contributed by atoms with Gasteiger partial charge >= 0.3 is 0 Å². The van der Waals surface area contributed by atoms with Crippen molar-refractivity contribution >= 4 is 12.2 Å². The summed E-state index contributed by atoms with van der Waals surface area (Å²) in [6, 6.07) is 5.03. The summed E-state index contributed by atoms with van der Waals surface area (Å²) in [5, 5.41) is 0. The van der Waals surface area contributed by atoms with Crippen LogP contribution in [0.5, 0.6) is 11.5 Å². The van der Waals surface area contributed by atoms with E-state index in [1.807, 2.05) is 0 Å². The third kappa shape index (κ3) is 3.05. The van der Waals surface area contributed by atoms with Crippen molar-refractivity contribution in [2.75, 3.05) is 26.8 Å². The lowest BCUT2D eigenvalue weighted by molar-refractivity contribution is -0.132. The van der Waals surface area contributed by atoms with Crippen molar-refractivity contribution < 1.29 is 19.1 Å². The highest BCUT2D eigenvalue weighted by Crippen LogP contribution is 2.30. The maximum atomic E-state index is 11.9. The minimum atomic E-state index is -0.0682. The Hall–Kier alpha value is -2.04. The summed E-state index contributed by atoms with van der Waals surface area (Å²) in [4.78, 5) is 24.6. The number of nitrogens with zero attached hydrogens (tertiary/aromatic N) is 1. The molecule has 0 N–H and O–H groups in total. The van der Waals surface area contributed by atoms with E-state index in [-0.39, 0.29) is 12.5 Å². The summed E-state index contributed by atoms with van der Waals surface area (Å²) in [7, 11) is 1.50. The number of para-hydroxylation sites is 1. The number of methoxy groups -OCH3 is 1. The highest BCUT2D eigenvalue weighted by molar-refractivity contribution is 5.82. The molecule has 1 saturated heterocycles. The van der Waals surface area contributed by atoms with E-state index >= 15 is 0 Å². The van der Waals surface area contributed by atoms with Crippen LogP contribution < -0.4 is 9.47 Å². The zero-order chi connectivity index (χ0) is 13.7. The molecule has 0 aromatic heterocycles. The van der Waals surface area contributed by atoms with Gasteiger partial charge in [0.1, 0.15) is 0 Å². The van der Waals surface area contributed by atoms with Crippen LogP contribution in [0.3, 0.4) is 0 Å². The third-order valence-corrected chi connectivity index (χ3v) is 3.15. The topological polar surface area (TPSA) is 55.8 Å². The Bertz CT molecular complexity index is 467. The molecule has 0 bridgehead atoms. The van der Waals surface area contributed by atoms with Crippen molar-refractivity contribution in [2.24, 2.45) is 0 Å². The SMILES string of the molecule is COc1cccc(C=O)c1OCC(=O)N1CCCC1. The van der Waals surface area contributed by atoms with Gasteiger partial charge in [0.2, 0.25) is 0 Å². The van der Waals surface area contributed by atoms with Crippen LogP contribution in [0.1, 0.15) is 23.2 Å². The van der Waals surface area contributed by atoms with Crippen LogP contribution in [0, 0.1) is 0 Å². The van der Waals surface area contributed by atoms with E-state index in [2.05, 4.69) is 0 Å². The quantitative estimate of drug-likeness (QED) is 0.756. The fourth-order valence-electron chi connectivity index (χ4n) is 2.13. The number of carbonyl (C=O) groups is 2. The van der Waals surface area contributed by atoms with Gasteiger partial charge in [0.25, 0.3) is 5.91 Å². The van der Waals surface area contributed by atoms with Crippen LogP contribution in [0.25, 0.3) is 0 Å². The first kappa shape index (κ1) is 13.4. The maximum absolute atomic E-state index is 11.9. The normalized spacial score (nSPS) is 14.3. The van der Waals surface area contributed by atoms with E-state index in [0.717, 1.165) is 25.9 Å². The molecular formula is C14H17NO4. The first-order valence-electron chi connectivity index (χ1n) is 6.29. The van der Waals surface area contributed by atoms with Gasteiger partial charge in [-0.1, -0.05) is 6.07 Å². The van der Waals surface area contributed by atoms with E-state index in [9.17, 15) is 9.59 Å². The molecule has 1 heterocycles. The predicted octanol–water partition coefficient (Wildman–Crippen LogP) is 1.51. The number of hydrogen-bond donors (Lipinski definition) is 0. The van der Waals surface area contributed by atoms with Crippen molar-refractivity contribution in [1.29, 1.82) is 0 Å². The smallest absolute Gasteiger partial charge is 0.260 e. The van der Waals surface area contributed by atoms with Crippen LogP contribution in [-0.2, 0) is 4.79 Å². The van der Waals surface area contributed by atoms with Crippen LogP contribution >= 0.6 is 0 Å². The average Bonchev–Trinajstić information content (AvgIpc) is 2.98. The van der Waals surface area contributed by atoms with E-state index in [1.54, 1.807) is 23.1 Å². The standard InChI is InChI=1S/C14H17NO4/c1-18-12-6-4-5-11(9-16)14(12)19-10-13(17)15-7-2-3-8-15/h4-6,9H,2-3,7-8,10H2,1H3. The minimum absolute atomic E-state index is 0.0553. The molecule has 1 aromatic carbocycles. The molecule has 1 aliphatic rings. The zero-order valence-corrected chi connectivity index (χ0v) is 10.9. The van der Waals surface area contributed by atoms with Gasteiger partial charge in [-0.05, 0) is 25.0 Å². The van der Waals surface area contributed by atoms with Gasteiger partial charge in [-0.15, -0.1) is 0 Å². The average molecular weight is 263 g/mol. The first-order valence-corrected chi connectivity index (χ1v) is 6.29. The Morgan fingerprint density at radius 3 is 2.74 bits per heavy atom. The molecule has 0 atom stereocenters. The summed E-state index contributed by atoms with van der Waals surface area (Å²) in [6.07, 6.45) is 2.78. The zero-order valence-electron chi connectivity index (χ0n) is 10.9. The van der Waals surface area contributed by atoms with E-state index < -0.39 is 0 Å². The summed E-state index contributed by atoms with van der Waals surface area (Å²) in [6.45, 7) is 1.50. The monoisotopic (exact) mass is 263 g/mol. The number of amides is 1. The van der Waals surface area contributed by atoms with Crippen molar-refractivity contribution in [3.63, 3.8) is 0 Å². The molecule has 0 radical (unpaired) electrons. The van der Waals surface area contributed by atoms with E-state index in [1.165, 1.54) is 7.11 Å². The fourth-order valence-corrected chi connectivity index (χ4v) is 2.13. The van der Waals surface area contributed by atoms with Crippen molar-refractivity contribution in [1.82, 2.24) is 4.90 Å². The van der Waals surface area contributed by atoms with Gasteiger partial charge in [-0.2, -0.15) is 0 Å².